The first-order valence-electron chi connectivity index (χ1n) is 6.02. The maximum absolute atomic E-state index is 13.3. The van der Waals surface area contributed by atoms with Crippen LogP contribution in [0.3, 0.4) is 0 Å². The van der Waals surface area contributed by atoms with Crippen LogP contribution in [0.4, 0.5) is 18.9 Å². The summed E-state index contributed by atoms with van der Waals surface area (Å²) in [7, 11) is 0. The molecule has 0 saturated carbocycles. The Balaban J connectivity index is 2.48. The molecule has 22 heavy (non-hydrogen) atoms. The lowest BCUT2D eigenvalue weighted by Gasteiger charge is -2.27. The van der Waals surface area contributed by atoms with Gasteiger partial charge in [-0.2, -0.15) is 0 Å². The third-order valence-electron chi connectivity index (χ3n) is 2.64. The van der Waals surface area contributed by atoms with Crippen LogP contribution in [0.25, 0.3) is 0 Å². The van der Waals surface area contributed by atoms with Crippen molar-refractivity contribution in [3.8, 4) is 0 Å². The second kappa shape index (κ2) is 6.66. The van der Waals surface area contributed by atoms with Crippen LogP contribution in [0.5, 0.6) is 0 Å². The summed E-state index contributed by atoms with van der Waals surface area (Å²) >= 11 is 1.71. The fraction of sp³-hybridized carbons (Fsp3) is 0.231. The van der Waals surface area contributed by atoms with Gasteiger partial charge in [0.2, 0.25) is 0 Å². The minimum Gasteiger partial charge on any atom is -0.477 e. The zero-order valence-electron chi connectivity index (χ0n) is 11.0. The number of thioether (sulfide) groups is 2. The maximum atomic E-state index is 13.3. The summed E-state index contributed by atoms with van der Waals surface area (Å²) in [5, 5.41) is 9.07. The summed E-state index contributed by atoms with van der Waals surface area (Å²) in [5.74, 6) is -1.95. The van der Waals surface area contributed by atoms with Crippen molar-refractivity contribution in [2.75, 3.05) is 16.4 Å². The third-order valence-corrected chi connectivity index (χ3v) is 5.18. The van der Waals surface area contributed by atoms with E-state index in [4.69, 9.17) is 5.11 Å². The van der Waals surface area contributed by atoms with E-state index in [2.05, 4.69) is 0 Å². The molecule has 0 aromatic heterocycles. The summed E-state index contributed by atoms with van der Waals surface area (Å²) in [6, 6.07) is 6.56. The highest BCUT2D eigenvalue weighted by Gasteiger charge is 2.44. The standard InChI is InChI=1S/C13H10F3NO3S2/c14-13(15,16)17(8-4-2-1-3-5-8)11(18)9-10(12(19)20)22-7-6-21-9/h1-5H,6-7H2,(H,19,20). The van der Waals surface area contributed by atoms with Crippen LogP contribution in [0.15, 0.2) is 40.1 Å². The number of hydrogen-bond acceptors (Lipinski definition) is 4. The second-order valence-corrected chi connectivity index (χ2v) is 6.31. The molecule has 1 aromatic rings. The summed E-state index contributed by atoms with van der Waals surface area (Å²) in [6.45, 7) is 0. The Morgan fingerprint density at radius 3 is 2.09 bits per heavy atom. The van der Waals surface area contributed by atoms with Crippen molar-refractivity contribution in [1.82, 2.24) is 0 Å². The molecule has 1 aromatic carbocycles. The highest BCUT2D eigenvalue weighted by atomic mass is 32.2. The molecule has 0 bridgehead atoms. The normalized spacial score (nSPS) is 15.6. The van der Waals surface area contributed by atoms with Crippen LogP contribution < -0.4 is 4.90 Å². The first-order chi connectivity index (χ1) is 10.3. The number of carbonyl (C=O) groups is 2. The van der Waals surface area contributed by atoms with Gasteiger partial charge in [0.05, 0.1) is 10.6 Å². The van der Waals surface area contributed by atoms with Crippen LogP contribution in [-0.4, -0.2) is 34.8 Å². The van der Waals surface area contributed by atoms with Crippen molar-refractivity contribution in [1.29, 1.82) is 0 Å². The fourth-order valence-electron chi connectivity index (χ4n) is 1.79. The number of para-hydroxylation sites is 1. The van der Waals surface area contributed by atoms with E-state index in [1.165, 1.54) is 18.2 Å². The Morgan fingerprint density at radius 2 is 1.59 bits per heavy atom. The molecule has 0 radical (unpaired) electrons. The van der Waals surface area contributed by atoms with Crippen molar-refractivity contribution in [3.05, 3.63) is 40.1 Å². The Labute approximate surface area is 132 Å². The summed E-state index contributed by atoms with van der Waals surface area (Å²) in [6.07, 6.45) is -4.95. The Hall–Kier alpha value is -1.61. The molecule has 118 valence electrons. The van der Waals surface area contributed by atoms with Crippen molar-refractivity contribution < 1.29 is 27.9 Å². The van der Waals surface area contributed by atoms with Gasteiger partial charge < -0.3 is 5.11 Å². The van der Waals surface area contributed by atoms with Crippen LogP contribution in [0.1, 0.15) is 0 Å². The molecule has 1 aliphatic heterocycles. The number of carboxylic acid groups (broad SMARTS) is 1. The number of amides is 1. The van der Waals surface area contributed by atoms with Gasteiger partial charge in [-0.25, -0.2) is 9.69 Å². The van der Waals surface area contributed by atoms with Gasteiger partial charge in [0.25, 0.3) is 5.91 Å². The van der Waals surface area contributed by atoms with E-state index in [1.54, 1.807) is 0 Å². The van der Waals surface area contributed by atoms with Gasteiger partial charge in [-0.05, 0) is 12.1 Å². The highest BCUT2D eigenvalue weighted by molar-refractivity contribution is 8.11. The average Bonchev–Trinajstić information content (AvgIpc) is 2.47. The van der Waals surface area contributed by atoms with E-state index in [1.807, 2.05) is 0 Å². The molecule has 1 heterocycles. The molecule has 1 aliphatic rings. The molecule has 1 amide bonds. The first kappa shape index (κ1) is 16.8. The molecule has 0 saturated heterocycles. The summed E-state index contributed by atoms with van der Waals surface area (Å²) in [4.78, 5) is 22.4. The molecule has 0 fully saturated rings. The summed E-state index contributed by atoms with van der Waals surface area (Å²) < 4.78 is 39.8. The van der Waals surface area contributed by atoms with Crippen LogP contribution in [0.2, 0.25) is 0 Å². The van der Waals surface area contributed by atoms with E-state index in [0.717, 1.165) is 35.7 Å². The molecule has 9 heteroatoms. The van der Waals surface area contributed by atoms with E-state index in [0.29, 0.717) is 11.5 Å². The fourth-order valence-corrected chi connectivity index (χ4v) is 4.00. The maximum Gasteiger partial charge on any atom is 0.491 e. The Bertz CT molecular complexity index is 617. The lowest BCUT2D eigenvalue weighted by atomic mass is 10.3. The molecule has 1 N–H and O–H groups in total. The molecule has 2 rings (SSSR count). The predicted octanol–water partition coefficient (Wildman–Crippen LogP) is 3.32. The first-order valence-corrected chi connectivity index (χ1v) is 7.99. The van der Waals surface area contributed by atoms with Crippen molar-refractivity contribution >= 4 is 41.1 Å². The monoisotopic (exact) mass is 349 g/mol. The third kappa shape index (κ3) is 3.58. The van der Waals surface area contributed by atoms with Gasteiger partial charge >= 0.3 is 12.3 Å². The largest absolute Gasteiger partial charge is 0.491 e. The van der Waals surface area contributed by atoms with E-state index >= 15 is 0 Å². The molecular formula is C13H10F3NO3S2. The smallest absolute Gasteiger partial charge is 0.477 e. The number of halogens is 3. The van der Waals surface area contributed by atoms with Crippen LogP contribution in [0, 0.1) is 0 Å². The topological polar surface area (TPSA) is 57.6 Å². The highest BCUT2D eigenvalue weighted by Crippen LogP contribution is 2.38. The van der Waals surface area contributed by atoms with Gasteiger partial charge in [0.1, 0.15) is 4.91 Å². The zero-order chi connectivity index (χ0) is 16.3. The number of hydrogen-bond donors (Lipinski definition) is 1. The zero-order valence-corrected chi connectivity index (χ0v) is 12.6. The number of nitrogens with zero attached hydrogens (tertiary/aromatic N) is 1. The van der Waals surface area contributed by atoms with Gasteiger partial charge in [0.15, 0.2) is 0 Å². The number of carbonyl (C=O) groups excluding carboxylic acids is 1. The predicted molar refractivity (Wildman–Crippen MR) is 79.6 cm³/mol. The quantitative estimate of drug-likeness (QED) is 0.849. The van der Waals surface area contributed by atoms with Gasteiger partial charge in [-0.15, -0.1) is 36.7 Å². The van der Waals surface area contributed by atoms with Gasteiger partial charge in [0, 0.05) is 11.5 Å². The van der Waals surface area contributed by atoms with Crippen molar-refractivity contribution in [2.45, 2.75) is 6.30 Å². The minimum atomic E-state index is -4.95. The Morgan fingerprint density at radius 1 is 1.05 bits per heavy atom. The minimum absolute atomic E-state index is 0.329. The Kier molecular flexibility index (Phi) is 5.07. The van der Waals surface area contributed by atoms with E-state index in [-0.39, 0.29) is 20.4 Å². The molecule has 4 nitrogen and oxygen atoms in total. The second-order valence-electron chi connectivity index (χ2n) is 4.10. The number of aliphatic carboxylic acids is 1. The molecule has 0 spiro atoms. The summed E-state index contributed by atoms with van der Waals surface area (Å²) in [5.41, 5.74) is -0.353. The van der Waals surface area contributed by atoms with E-state index < -0.39 is 18.2 Å². The van der Waals surface area contributed by atoms with Crippen molar-refractivity contribution in [3.63, 3.8) is 0 Å². The van der Waals surface area contributed by atoms with Crippen molar-refractivity contribution in [2.24, 2.45) is 0 Å². The molecular weight excluding hydrogens is 339 g/mol. The van der Waals surface area contributed by atoms with Crippen LogP contribution >= 0.6 is 23.5 Å². The van der Waals surface area contributed by atoms with Gasteiger partial charge in [-0.3, -0.25) is 4.79 Å². The average molecular weight is 349 g/mol. The molecule has 0 unspecified atom stereocenters. The lowest BCUT2D eigenvalue weighted by molar-refractivity contribution is -0.147. The number of anilines is 1. The number of alkyl halides is 3. The SMILES string of the molecule is O=C(O)C1=C(C(=O)N(c2ccccc2)C(F)(F)F)SCCS1. The van der Waals surface area contributed by atoms with E-state index in [9.17, 15) is 22.8 Å². The molecule has 0 atom stereocenters. The lowest BCUT2D eigenvalue weighted by Crippen LogP contribution is -2.44. The van der Waals surface area contributed by atoms with Crippen LogP contribution in [-0.2, 0) is 9.59 Å². The molecule has 0 aliphatic carbocycles. The number of benzene rings is 1. The number of rotatable bonds is 3. The van der Waals surface area contributed by atoms with Gasteiger partial charge in [-0.1, -0.05) is 18.2 Å². The number of carboxylic acids is 1.